The van der Waals surface area contributed by atoms with Gasteiger partial charge in [-0.2, -0.15) is 0 Å². The predicted octanol–water partition coefficient (Wildman–Crippen LogP) is 0.493. The quantitative estimate of drug-likeness (QED) is 0.379. The first-order chi connectivity index (χ1) is 3.27. The van der Waals surface area contributed by atoms with Crippen LogP contribution in [0.5, 0.6) is 0 Å². The zero-order valence-corrected chi connectivity index (χ0v) is 4.88. The Morgan fingerprint density at radius 2 is 1.43 bits per heavy atom. The van der Waals surface area contributed by atoms with Crippen LogP contribution in [0.1, 0.15) is 13.8 Å². The first kappa shape index (κ1) is 9.99. The lowest BCUT2D eigenvalue weighted by Crippen LogP contribution is -1.95. The van der Waals surface area contributed by atoms with E-state index in [4.69, 9.17) is 10.4 Å². The molecule has 7 heavy (non-hydrogen) atoms. The van der Waals surface area contributed by atoms with Crippen molar-refractivity contribution < 1.29 is 15.3 Å². The molecule has 46 valence electrons. The zero-order chi connectivity index (χ0) is 6.28. The smallest absolute Gasteiger partial charge is 0.0871 e. The summed E-state index contributed by atoms with van der Waals surface area (Å²) in [4.78, 5) is 3.75. The number of hydrogen-bond acceptors (Lipinski definition) is 3. The van der Waals surface area contributed by atoms with Crippen molar-refractivity contribution in [2.24, 2.45) is 0 Å². The van der Waals surface area contributed by atoms with Crippen LogP contribution < -0.4 is 0 Å². The molecule has 0 saturated carbocycles. The van der Waals surface area contributed by atoms with Crippen LogP contribution in [0.2, 0.25) is 0 Å². The van der Waals surface area contributed by atoms with Crippen molar-refractivity contribution in [2.45, 2.75) is 20.0 Å². The Morgan fingerprint density at radius 3 is 1.43 bits per heavy atom. The van der Waals surface area contributed by atoms with Crippen molar-refractivity contribution in [3.63, 3.8) is 0 Å². The molecular weight excluding hydrogens is 96.0 g/mol. The van der Waals surface area contributed by atoms with Crippen LogP contribution in [-0.2, 0) is 4.89 Å². The van der Waals surface area contributed by atoms with E-state index < -0.39 is 0 Å². The van der Waals surface area contributed by atoms with Gasteiger partial charge in [0.25, 0.3) is 0 Å². The van der Waals surface area contributed by atoms with Gasteiger partial charge in [-0.05, 0) is 13.8 Å². The molecule has 0 amide bonds. The highest BCUT2D eigenvalue weighted by atomic mass is 17.1. The Bertz CT molecular complexity index is 20.9. The minimum absolute atomic E-state index is 0.0602. The molecular formula is C4H12O3. The summed E-state index contributed by atoms with van der Waals surface area (Å²) < 4.78 is 0. The summed E-state index contributed by atoms with van der Waals surface area (Å²) in [5.74, 6) is 0. The third kappa shape index (κ3) is 25.0. The highest BCUT2D eigenvalue weighted by Gasteiger charge is 1.81. The second-order valence-corrected chi connectivity index (χ2v) is 1.15. The standard InChI is InChI=1S/C3H8O2.CH4O/c1-3(2)5-4;1-2/h3-4H,1-2H3;2H,1H3. The van der Waals surface area contributed by atoms with E-state index in [1.165, 1.54) is 0 Å². The maximum absolute atomic E-state index is 7.64. The van der Waals surface area contributed by atoms with E-state index in [1.54, 1.807) is 13.8 Å². The highest BCUT2D eigenvalue weighted by molar-refractivity contribution is 4.24. The van der Waals surface area contributed by atoms with Gasteiger partial charge in [-0.15, -0.1) is 0 Å². The maximum atomic E-state index is 7.64. The first-order valence-corrected chi connectivity index (χ1v) is 2.02. The van der Waals surface area contributed by atoms with Crippen LogP contribution in [0, 0.1) is 0 Å². The SMILES string of the molecule is CC(C)OO.CO. The number of aliphatic hydroxyl groups excluding tert-OH is 1. The number of hydrogen-bond donors (Lipinski definition) is 2. The fourth-order valence-electron chi connectivity index (χ4n) is 0. The van der Waals surface area contributed by atoms with Crippen LogP contribution in [0.25, 0.3) is 0 Å². The summed E-state index contributed by atoms with van der Waals surface area (Å²) in [5.41, 5.74) is 0. The van der Waals surface area contributed by atoms with Crippen molar-refractivity contribution in [3.8, 4) is 0 Å². The summed E-state index contributed by atoms with van der Waals surface area (Å²) in [5, 5.41) is 14.6. The number of rotatable bonds is 1. The molecule has 0 radical (unpaired) electrons. The van der Waals surface area contributed by atoms with Gasteiger partial charge in [0.2, 0.25) is 0 Å². The van der Waals surface area contributed by atoms with Gasteiger partial charge in [0, 0.05) is 7.11 Å². The number of aliphatic hydroxyl groups is 1. The van der Waals surface area contributed by atoms with E-state index in [0.717, 1.165) is 7.11 Å². The third-order valence-electron chi connectivity index (χ3n) is 0.211. The van der Waals surface area contributed by atoms with Gasteiger partial charge < -0.3 is 5.11 Å². The Balaban J connectivity index is 0. The van der Waals surface area contributed by atoms with Crippen LogP contribution >= 0.6 is 0 Å². The molecule has 0 aromatic rings. The molecule has 0 aliphatic carbocycles. The summed E-state index contributed by atoms with van der Waals surface area (Å²) in [6.07, 6.45) is -0.0602. The van der Waals surface area contributed by atoms with Crippen molar-refractivity contribution >= 4 is 0 Å². The van der Waals surface area contributed by atoms with Crippen LogP contribution in [0.3, 0.4) is 0 Å². The molecule has 0 aromatic heterocycles. The van der Waals surface area contributed by atoms with Gasteiger partial charge in [0.15, 0.2) is 0 Å². The van der Waals surface area contributed by atoms with Crippen molar-refractivity contribution in [3.05, 3.63) is 0 Å². The molecule has 3 nitrogen and oxygen atoms in total. The van der Waals surface area contributed by atoms with E-state index in [-0.39, 0.29) is 6.10 Å². The van der Waals surface area contributed by atoms with E-state index >= 15 is 0 Å². The van der Waals surface area contributed by atoms with Gasteiger partial charge >= 0.3 is 0 Å². The van der Waals surface area contributed by atoms with Crippen LogP contribution in [-0.4, -0.2) is 23.6 Å². The Morgan fingerprint density at radius 1 is 1.29 bits per heavy atom. The second-order valence-electron chi connectivity index (χ2n) is 1.15. The van der Waals surface area contributed by atoms with Gasteiger partial charge in [-0.25, -0.2) is 4.89 Å². The van der Waals surface area contributed by atoms with Crippen molar-refractivity contribution in [1.29, 1.82) is 0 Å². The fourth-order valence-corrected chi connectivity index (χ4v) is 0. The van der Waals surface area contributed by atoms with Gasteiger partial charge in [-0.3, -0.25) is 5.26 Å². The zero-order valence-electron chi connectivity index (χ0n) is 4.88. The lowest BCUT2D eigenvalue weighted by molar-refractivity contribution is -0.269. The summed E-state index contributed by atoms with van der Waals surface area (Å²) in [6.45, 7) is 3.50. The molecule has 0 bridgehead atoms. The van der Waals surface area contributed by atoms with E-state index in [0.29, 0.717) is 0 Å². The summed E-state index contributed by atoms with van der Waals surface area (Å²) in [7, 11) is 1.00. The Hall–Kier alpha value is -0.120. The molecule has 0 fully saturated rings. The van der Waals surface area contributed by atoms with E-state index in [2.05, 4.69) is 4.89 Å². The lowest BCUT2D eigenvalue weighted by atomic mass is 10.5. The largest absolute Gasteiger partial charge is 0.400 e. The average Bonchev–Trinajstić information content (AvgIpc) is 1.73. The molecule has 0 atom stereocenters. The van der Waals surface area contributed by atoms with Crippen molar-refractivity contribution in [1.82, 2.24) is 0 Å². The van der Waals surface area contributed by atoms with Crippen molar-refractivity contribution in [2.75, 3.05) is 7.11 Å². The van der Waals surface area contributed by atoms with E-state index in [1.807, 2.05) is 0 Å². The van der Waals surface area contributed by atoms with Crippen LogP contribution in [0.4, 0.5) is 0 Å². The molecule has 0 saturated heterocycles. The molecule has 2 N–H and O–H groups in total. The topological polar surface area (TPSA) is 49.7 Å². The fraction of sp³-hybridized carbons (Fsp3) is 1.00. The molecule has 0 aliphatic rings. The molecule has 0 aliphatic heterocycles. The minimum Gasteiger partial charge on any atom is -0.400 e. The molecule has 0 heterocycles. The summed E-state index contributed by atoms with van der Waals surface area (Å²) >= 11 is 0. The summed E-state index contributed by atoms with van der Waals surface area (Å²) in [6, 6.07) is 0. The predicted molar refractivity (Wildman–Crippen MR) is 27.0 cm³/mol. The minimum atomic E-state index is -0.0602. The monoisotopic (exact) mass is 108 g/mol. The average molecular weight is 108 g/mol. The lowest BCUT2D eigenvalue weighted by Gasteiger charge is -1.91. The van der Waals surface area contributed by atoms with Gasteiger partial charge in [-0.1, -0.05) is 0 Å². The first-order valence-electron chi connectivity index (χ1n) is 2.02. The maximum Gasteiger partial charge on any atom is 0.0871 e. The normalized spacial score (nSPS) is 7.71. The second kappa shape index (κ2) is 9.30. The van der Waals surface area contributed by atoms with E-state index in [9.17, 15) is 0 Å². The Kier molecular flexibility index (Phi) is 13.3. The highest BCUT2D eigenvalue weighted by Crippen LogP contribution is 1.77. The molecule has 3 heteroatoms. The molecule has 0 unspecified atom stereocenters. The molecule has 0 spiro atoms. The Labute approximate surface area is 43.5 Å². The molecule has 0 aromatic carbocycles. The molecule has 0 rings (SSSR count). The van der Waals surface area contributed by atoms with Gasteiger partial charge in [0.1, 0.15) is 0 Å². The third-order valence-corrected chi connectivity index (χ3v) is 0.211. The van der Waals surface area contributed by atoms with Crippen LogP contribution in [0.15, 0.2) is 0 Å². The van der Waals surface area contributed by atoms with Gasteiger partial charge in [0.05, 0.1) is 6.10 Å².